The molecule has 1 aromatic rings. The number of anilines is 1. The molecule has 3 atom stereocenters. The van der Waals surface area contributed by atoms with Crippen molar-refractivity contribution < 1.29 is 51.2 Å². The van der Waals surface area contributed by atoms with E-state index in [1.54, 1.807) is 0 Å². The van der Waals surface area contributed by atoms with E-state index in [1.165, 1.54) is 23.9 Å². The summed E-state index contributed by atoms with van der Waals surface area (Å²) in [6.45, 7) is -0.554. The molecule has 1 rings (SSSR count). The Labute approximate surface area is 152 Å². The molecule has 1 heterocycles. The van der Waals surface area contributed by atoms with E-state index in [2.05, 4.69) is 18.1 Å². The minimum Gasteiger partial charge on any atom is -0.383 e. The molecule has 0 aliphatic heterocycles. The van der Waals surface area contributed by atoms with Gasteiger partial charge in [-0.15, -0.1) is 0 Å². The van der Waals surface area contributed by atoms with Gasteiger partial charge in [0.25, 0.3) is 0 Å². The zero-order valence-electron chi connectivity index (χ0n) is 13.7. The summed E-state index contributed by atoms with van der Waals surface area (Å²) in [5.41, 5.74) is 4.72. The molecule has 3 unspecified atom stereocenters. The molecule has 0 radical (unpaired) electrons. The van der Waals surface area contributed by atoms with Crippen LogP contribution in [-0.2, 0) is 38.1 Å². The Hall–Kier alpha value is -0.950. The number of hydrogen-bond acceptors (Lipinski definition) is 10. The van der Waals surface area contributed by atoms with E-state index < -0.39 is 41.9 Å². The molecule has 1 aromatic heterocycles. The first kappa shape index (κ1) is 24.1. The highest BCUT2D eigenvalue weighted by Crippen LogP contribution is 2.66. The first-order chi connectivity index (χ1) is 12.2. The third-order valence-electron chi connectivity index (χ3n) is 2.76. The van der Waals surface area contributed by atoms with Crippen LogP contribution in [0.1, 0.15) is 6.42 Å². The van der Waals surface area contributed by atoms with Crippen LogP contribution in [0.4, 0.5) is 5.82 Å². The van der Waals surface area contributed by atoms with E-state index in [4.69, 9.17) is 25.2 Å². The Morgan fingerprint density at radius 3 is 2.33 bits per heavy atom. The summed E-state index contributed by atoms with van der Waals surface area (Å²) < 4.78 is 51.1. The van der Waals surface area contributed by atoms with Gasteiger partial charge >= 0.3 is 29.2 Å². The molecule has 0 fully saturated rings. The number of hydrogen-bond donors (Lipinski definition) is 5. The van der Waals surface area contributed by atoms with Crippen LogP contribution in [0.2, 0.25) is 0 Å². The fraction of sp³-hybridized carbons (Fsp3) is 0.556. The number of phosphoric ester groups is 1. The Bertz CT molecular complexity index is 837. The van der Waals surface area contributed by atoms with Gasteiger partial charge in [0.15, 0.2) is 0 Å². The van der Waals surface area contributed by atoms with E-state index in [9.17, 15) is 23.4 Å². The molecule has 15 nitrogen and oxygen atoms in total. The van der Waals surface area contributed by atoms with Crippen LogP contribution in [-0.4, -0.2) is 48.9 Å². The molecule has 0 aliphatic rings. The molecular weight excluding hydrogens is 435 g/mol. The molecular formula is C9H18N3O12P3. The fourth-order valence-corrected chi connectivity index (χ4v) is 4.69. The van der Waals surface area contributed by atoms with E-state index in [0.717, 1.165) is 0 Å². The summed E-state index contributed by atoms with van der Waals surface area (Å²) in [7, 11) is -15.1. The maximum atomic E-state index is 11.6. The number of phosphoric acid groups is 3. The van der Waals surface area contributed by atoms with Crippen LogP contribution in [0.3, 0.4) is 0 Å². The van der Waals surface area contributed by atoms with E-state index in [0.29, 0.717) is 0 Å². The molecule has 6 N–H and O–H groups in total. The summed E-state index contributed by atoms with van der Waals surface area (Å²) >= 11 is 0. The smallest absolute Gasteiger partial charge is 0.383 e. The van der Waals surface area contributed by atoms with Gasteiger partial charge in [-0.3, -0.25) is 9.09 Å². The summed E-state index contributed by atoms with van der Waals surface area (Å²) in [5, 5.41) is 0. The third kappa shape index (κ3) is 9.70. The highest BCUT2D eigenvalue weighted by atomic mass is 31.3. The minimum absolute atomic E-state index is 0.0344. The van der Waals surface area contributed by atoms with Gasteiger partial charge in [0.05, 0.1) is 12.7 Å². The van der Waals surface area contributed by atoms with Crippen molar-refractivity contribution in [2.75, 3.05) is 19.5 Å². The molecule has 0 saturated heterocycles. The molecule has 27 heavy (non-hydrogen) atoms. The molecule has 156 valence electrons. The number of nitrogen functional groups attached to an aromatic ring is 1. The lowest BCUT2D eigenvalue weighted by Crippen LogP contribution is -2.27. The standard InChI is InChI=1S/C9H18N3O12P3/c1-21-7(2-4-12-5-3-8(10)11-9(12)13)6-22-26(17,18)24-27(19,20)23-25(14,15)16/h3,5,7H,2,4,6H2,1H3,(H,17,18)(H,19,20)(H2,10,11,13)(H2,14,15,16). The molecule has 0 amide bonds. The topological polar surface area (TPSA) is 230 Å². The Morgan fingerprint density at radius 1 is 1.19 bits per heavy atom. The van der Waals surface area contributed by atoms with Gasteiger partial charge in [-0.2, -0.15) is 13.6 Å². The number of aromatic nitrogens is 2. The number of nitrogens with zero attached hydrogens (tertiary/aromatic N) is 2. The second-order valence-corrected chi connectivity index (χ2v) is 9.28. The van der Waals surface area contributed by atoms with Crippen LogP contribution in [0.25, 0.3) is 0 Å². The number of rotatable bonds is 11. The number of ether oxygens (including phenoxy) is 1. The predicted octanol–water partition coefficient (Wildman–Crippen LogP) is -0.426. The summed E-state index contributed by atoms with van der Waals surface area (Å²) in [6, 6.07) is 1.38. The summed E-state index contributed by atoms with van der Waals surface area (Å²) in [5.74, 6) is 0.0344. The van der Waals surface area contributed by atoms with Crippen LogP contribution in [0.15, 0.2) is 17.1 Å². The molecule has 0 saturated carbocycles. The van der Waals surface area contributed by atoms with Crippen molar-refractivity contribution in [1.29, 1.82) is 0 Å². The Balaban J connectivity index is 2.62. The number of aryl methyl sites for hydroxylation is 1. The van der Waals surface area contributed by atoms with E-state index >= 15 is 0 Å². The third-order valence-corrected chi connectivity index (χ3v) is 6.56. The zero-order chi connectivity index (χ0) is 20.9. The molecule has 0 spiro atoms. The fourth-order valence-electron chi connectivity index (χ4n) is 1.65. The average molecular weight is 453 g/mol. The number of methoxy groups -OCH3 is 1. The van der Waals surface area contributed by atoms with Gasteiger partial charge in [0.2, 0.25) is 0 Å². The summed E-state index contributed by atoms with van der Waals surface area (Å²) in [6.07, 6.45) is 0.608. The lowest BCUT2D eigenvalue weighted by molar-refractivity contribution is 0.0370. The Kier molecular flexibility index (Phi) is 8.48. The predicted molar refractivity (Wildman–Crippen MR) is 88.1 cm³/mol. The van der Waals surface area contributed by atoms with Gasteiger partial charge in [0, 0.05) is 19.9 Å². The highest BCUT2D eigenvalue weighted by Gasteiger charge is 2.40. The van der Waals surface area contributed by atoms with Crippen LogP contribution in [0.5, 0.6) is 0 Å². The first-order valence-corrected chi connectivity index (χ1v) is 11.4. The Morgan fingerprint density at radius 2 is 1.81 bits per heavy atom. The molecule has 0 aliphatic carbocycles. The van der Waals surface area contributed by atoms with Crippen molar-refractivity contribution in [2.24, 2.45) is 0 Å². The molecule has 0 bridgehead atoms. The van der Waals surface area contributed by atoms with Crippen molar-refractivity contribution in [1.82, 2.24) is 9.55 Å². The first-order valence-electron chi connectivity index (χ1n) is 6.87. The SMILES string of the molecule is COC(CCn1ccc(N)nc1=O)COP(=O)(O)OP(=O)(O)OP(=O)(O)O. The maximum Gasteiger partial charge on any atom is 0.490 e. The highest BCUT2D eigenvalue weighted by molar-refractivity contribution is 7.66. The van der Waals surface area contributed by atoms with Gasteiger partial charge in [0.1, 0.15) is 5.82 Å². The van der Waals surface area contributed by atoms with Crippen molar-refractivity contribution in [3.8, 4) is 0 Å². The normalized spacial score (nSPS) is 17.8. The van der Waals surface area contributed by atoms with Crippen molar-refractivity contribution in [2.45, 2.75) is 19.1 Å². The van der Waals surface area contributed by atoms with Gasteiger partial charge in [-0.05, 0) is 12.5 Å². The van der Waals surface area contributed by atoms with Gasteiger partial charge in [-0.25, -0.2) is 18.5 Å². The van der Waals surface area contributed by atoms with Crippen molar-refractivity contribution in [3.63, 3.8) is 0 Å². The quantitative estimate of drug-likeness (QED) is 0.268. The average Bonchev–Trinajstić information content (AvgIpc) is 2.45. The second kappa shape index (κ2) is 9.50. The summed E-state index contributed by atoms with van der Waals surface area (Å²) in [4.78, 5) is 50.3. The molecule has 18 heteroatoms. The molecule has 0 aromatic carbocycles. The largest absolute Gasteiger partial charge is 0.490 e. The van der Waals surface area contributed by atoms with Crippen LogP contribution >= 0.6 is 23.5 Å². The van der Waals surface area contributed by atoms with Crippen molar-refractivity contribution in [3.05, 3.63) is 22.7 Å². The van der Waals surface area contributed by atoms with E-state index in [1.807, 2.05) is 0 Å². The van der Waals surface area contributed by atoms with Crippen LogP contribution in [0, 0.1) is 0 Å². The number of nitrogens with two attached hydrogens (primary N) is 1. The monoisotopic (exact) mass is 453 g/mol. The van der Waals surface area contributed by atoms with Crippen LogP contribution < -0.4 is 11.4 Å². The van der Waals surface area contributed by atoms with Gasteiger partial charge < -0.3 is 30.0 Å². The second-order valence-electron chi connectivity index (χ2n) is 4.86. The van der Waals surface area contributed by atoms with Gasteiger partial charge in [-0.1, -0.05) is 0 Å². The zero-order valence-corrected chi connectivity index (χ0v) is 16.4. The minimum atomic E-state index is -5.59. The lowest BCUT2D eigenvalue weighted by Gasteiger charge is -2.19. The van der Waals surface area contributed by atoms with E-state index in [-0.39, 0.29) is 18.8 Å². The maximum absolute atomic E-state index is 11.6. The van der Waals surface area contributed by atoms with Crippen molar-refractivity contribution >= 4 is 29.3 Å². The lowest BCUT2D eigenvalue weighted by atomic mass is 10.2.